The first kappa shape index (κ1) is 12.8. The molecule has 1 aromatic carbocycles. The number of fused-ring (bicyclic) bond motifs is 1. The van der Waals surface area contributed by atoms with Gasteiger partial charge in [0, 0.05) is 12.0 Å². The van der Waals surface area contributed by atoms with Crippen LogP contribution in [0.15, 0.2) is 34.7 Å². The Morgan fingerprint density at radius 3 is 2.90 bits per heavy atom. The van der Waals surface area contributed by atoms with Crippen molar-refractivity contribution in [1.29, 1.82) is 0 Å². The Labute approximate surface area is 117 Å². The second-order valence-electron chi connectivity index (χ2n) is 5.06. The van der Waals surface area contributed by atoms with Crippen molar-refractivity contribution in [3.05, 3.63) is 53.0 Å². The Hall–Kier alpha value is -2.23. The van der Waals surface area contributed by atoms with Gasteiger partial charge in [-0.2, -0.15) is 0 Å². The predicted octanol–water partition coefficient (Wildman–Crippen LogP) is 3.01. The standard InChI is InChI=1S/C16H17NO3/c1-10-3-5-14(20-10)11(2)17-16(18)13-4-6-15-12(9-13)7-8-19-15/h3-6,9,11H,7-8H2,1-2H3,(H,17,18)/t11-/m0/s1. The fourth-order valence-electron chi connectivity index (χ4n) is 2.37. The zero-order valence-electron chi connectivity index (χ0n) is 11.6. The highest BCUT2D eigenvalue weighted by molar-refractivity contribution is 5.94. The molecule has 0 saturated heterocycles. The third kappa shape index (κ3) is 2.41. The van der Waals surface area contributed by atoms with Gasteiger partial charge in [0.15, 0.2) is 0 Å². The highest BCUT2D eigenvalue weighted by atomic mass is 16.5. The predicted molar refractivity (Wildman–Crippen MR) is 75.0 cm³/mol. The van der Waals surface area contributed by atoms with Gasteiger partial charge >= 0.3 is 0 Å². The zero-order chi connectivity index (χ0) is 14.1. The number of carbonyl (C=O) groups is 1. The minimum atomic E-state index is -0.152. The number of aryl methyl sites for hydroxylation is 1. The van der Waals surface area contributed by atoms with Crippen LogP contribution in [-0.4, -0.2) is 12.5 Å². The fraction of sp³-hybridized carbons (Fsp3) is 0.312. The second kappa shape index (κ2) is 5.04. The maximum Gasteiger partial charge on any atom is 0.251 e. The largest absolute Gasteiger partial charge is 0.493 e. The maximum absolute atomic E-state index is 12.2. The van der Waals surface area contributed by atoms with Crippen LogP contribution in [0.5, 0.6) is 5.75 Å². The van der Waals surface area contributed by atoms with E-state index in [1.807, 2.05) is 38.1 Å². The average Bonchev–Trinajstić information content (AvgIpc) is 3.05. The number of amides is 1. The minimum absolute atomic E-state index is 0.0961. The number of hydrogen-bond donors (Lipinski definition) is 1. The fourth-order valence-corrected chi connectivity index (χ4v) is 2.37. The van der Waals surface area contributed by atoms with Crippen LogP contribution in [0.25, 0.3) is 0 Å². The smallest absolute Gasteiger partial charge is 0.251 e. The zero-order valence-corrected chi connectivity index (χ0v) is 11.6. The molecule has 1 amide bonds. The van der Waals surface area contributed by atoms with E-state index in [0.29, 0.717) is 12.2 Å². The van der Waals surface area contributed by atoms with Crippen molar-refractivity contribution >= 4 is 5.91 Å². The van der Waals surface area contributed by atoms with Gasteiger partial charge in [-0.3, -0.25) is 4.79 Å². The number of nitrogens with one attached hydrogen (secondary N) is 1. The summed E-state index contributed by atoms with van der Waals surface area (Å²) >= 11 is 0. The third-order valence-electron chi connectivity index (χ3n) is 3.49. The highest BCUT2D eigenvalue weighted by Crippen LogP contribution is 2.26. The van der Waals surface area contributed by atoms with Crippen molar-refractivity contribution in [2.75, 3.05) is 6.61 Å². The van der Waals surface area contributed by atoms with Crippen molar-refractivity contribution in [3.63, 3.8) is 0 Å². The molecule has 20 heavy (non-hydrogen) atoms. The summed E-state index contributed by atoms with van der Waals surface area (Å²) in [6.45, 7) is 4.49. The molecule has 1 N–H and O–H groups in total. The SMILES string of the molecule is Cc1ccc([C@H](C)NC(=O)c2ccc3c(c2)CCO3)o1. The van der Waals surface area contributed by atoms with Crippen molar-refractivity contribution in [3.8, 4) is 5.75 Å². The van der Waals surface area contributed by atoms with Gasteiger partial charge in [0.25, 0.3) is 5.91 Å². The van der Waals surface area contributed by atoms with Gasteiger partial charge in [0.2, 0.25) is 0 Å². The normalized spacial score (nSPS) is 14.5. The molecule has 4 nitrogen and oxygen atoms in total. The molecule has 1 aromatic heterocycles. The van der Waals surface area contributed by atoms with Gasteiger partial charge in [-0.05, 0) is 49.7 Å². The lowest BCUT2D eigenvalue weighted by Gasteiger charge is -2.12. The first-order valence-corrected chi connectivity index (χ1v) is 6.76. The molecule has 0 bridgehead atoms. The lowest BCUT2D eigenvalue weighted by Crippen LogP contribution is -2.26. The van der Waals surface area contributed by atoms with Crippen LogP contribution < -0.4 is 10.1 Å². The van der Waals surface area contributed by atoms with E-state index in [-0.39, 0.29) is 11.9 Å². The molecular formula is C16H17NO3. The van der Waals surface area contributed by atoms with Gasteiger partial charge in [-0.1, -0.05) is 0 Å². The molecular weight excluding hydrogens is 254 g/mol. The number of carbonyl (C=O) groups excluding carboxylic acids is 1. The molecule has 0 radical (unpaired) electrons. The Morgan fingerprint density at radius 1 is 1.30 bits per heavy atom. The van der Waals surface area contributed by atoms with Crippen molar-refractivity contribution in [1.82, 2.24) is 5.32 Å². The Balaban J connectivity index is 1.73. The van der Waals surface area contributed by atoms with Crippen LogP contribution in [-0.2, 0) is 6.42 Å². The first-order valence-electron chi connectivity index (χ1n) is 6.76. The molecule has 0 unspecified atom stereocenters. The van der Waals surface area contributed by atoms with Gasteiger partial charge in [-0.15, -0.1) is 0 Å². The summed E-state index contributed by atoms with van der Waals surface area (Å²) in [5, 5.41) is 2.94. The third-order valence-corrected chi connectivity index (χ3v) is 3.49. The number of furan rings is 1. The van der Waals surface area contributed by atoms with Gasteiger partial charge in [0.1, 0.15) is 17.3 Å². The summed E-state index contributed by atoms with van der Waals surface area (Å²) in [6.07, 6.45) is 0.864. The molecule has 0 aliphatic carbocycles. The number of hydrogen-bond acceptors (Lipinski definition) is 3. The van der Waals surface area contributed by atoms with E-state index < -0.39 is 0 Å². The average molecular weight is 271 g/mol. The number of benzene rings is 1. The Bertz CT molecular complexity index is 645. The van der Waals surface area contributed by atoms with Crippen LogP contribution in [0.3, 0.4) is 0 Å². The van der Waals surface area contributed by atoms with Crippen molar-refractivity contribution in [2.45, 2.75) is 26.3 Å². The number of rotatable bonds is 3. The molecule has 2 heterocycles. The first-order chi connectivity index (χ1) is 9.63. The van der Waals surface area contributed by atoms with Gasteiger partial charge in [-0.25, -0.2) is 0 Å². The van der Waals surface area contributed by atoms with Crippen LogP contribution in [0.1, 0.15) is 40.4 Å². The van der Waals surface area contributed by atoms with E-state index in [1.54, 1.807) is 6.07 Å². The molecule has 1 atom stereocenters. The number of ether oxygens (including phenoxy) is 1. The molecule has 0 spiro atoms. The highest BCUT2D eigenvalue weighted by Gasteiger charge is 2.17. The minimum Gasteiger partial charge on any atom is -0.493 e. The summed E-state index contributed by atoms with van der Waals surface area (Å²) in [5.41, 5.74) is 1.75. The topological polar surface area (TPSA) is 51.5 Å². The van der Waals surface area contributed by atoms with E-state index in [9.17, 15) is 4.79 Å². The Kier molecular flexibility index (Phi) is 3.22. The Morgan fingerprint density at radius 2 is 2.15 bits per heavy atom. The summed E-state index contributed by atoms with van der Waals surface area (Å²) in [4.78, 5) is 12.2. The summed E-state index contributed by atoms with van der Waals surface area (Å²) in [7, 11) is 0. The van der Waals surface area contributed by atoms with Crippen molar-refractivity contribution < 1.29 is 13.9 Å². The van der Waals surface area contributed by atoms with E-state index in [0.717, 1.165) is 29.3 Å². The molecule has 0 fully saturated rings. The maximum atomic E-state index is 12.2. The van der Waals surface area contributed by atoms with Crippen LogP contribution >= 0.6 is 0 Å². The van der Waals surface area contributed by atoms with Crippen LogP contribution in [0.2, 0.25) is 0 Å². The van der Waals surface area contributed by atoms with Crippen LogP contribution in [0.4, 0.5) is 0 Å². The molecule has 2 aromatic rings. The monoisotopic (exact) mass is 271 g/mol. The lowest BCUT2D eigenvalue weighted by atomic mass is 10.1. The summed E-state index contributed by atoms with van der Waals surface area (Å²) < 4.78 is 11.0. The molecule has 3 rings (SSSR count). The lowest BCUT2D eigenvalue weighted by molar-refractivity contribution is 0.0935. The quantitative estimate of drug-likeness (QED) is 0.933. The molecule has 4 heteroatoms. The van der Waals surface area contributed by atoms with E-state index >= 15 is 0 Å². The van der Waals surface area contributed by atoms with Crippen molar-refractivity contribution in [2.24, 2.45) is 0 Å². The summed E-state index contributed by atoms with van der Waals surface area (Å²) in [6, 6.07) is 9.18. The van der Waals surface area contributed by atoms with Gasteiger partial charge in [0.05, 0.1) is 12.6 Å². The summed E-state index contributed by atoms with van der Waals surface area (Å²) in [5.74, 6) is 2.40. The van der Waals surface area contributed by atoms with Crippen LogP contribution in [0, 0.1) is 6.92 Å². The van der Waals surface area contributed by atoms with E-state index in [1.165, 1.54) is 0 Å². The van der Waals surface area contributed by atoms with Gasteiger partial charge < -0.3 is 14.5 Å². The second-order valence-corrected chi connectivity index (χ2v) is 5.06. The molecule has 104 valence electrons. The molecule has 1 aliphatic rings. The van der Waals surface area contributed by atoms with E-state index in [4.69, 9.17) is 9.15 Å². The van der Waals surface area contributed by atoms with E-state index in [2.05, 4.69) is 5.32 Å². The molecule has 0 saturated carbocycles. The molecule has 1 aliphatic heterocycles.